The number of aliphatic hydroxyl groups excluding tert-OH is 3. The van der Waals surface area contributed by atoms with E-state index in [2.05, 4.69) is 11.9 Å². The molecule has 4 N–H and O–H groups in total. The van der Waals surface area contributed by atoms with E-state index in [0.717, 1.165) is 32.1 Å². The van der Waals surface area contributed by atoms with E-state index in [4.69, 9.17) is 14.2 Å². The molecule has 0 saturated carbocycles. The maximum Gasteiger partial charge on any atom is 0.220 e. The Morgan fingerprint density at radius 3 is 1.61 bits per heavy atom. The Balaban J connectivity index is 1.34. The quantitative estimate of drug-likeness (QED) is 0.0589. The van der Waals surface area contributed by atoms with E-state index < -0.39 is 36.7 Å². The number of allylic oxidation sites excluding steroid dienone is 1. The summed E-state index contributed by atoms with van der Waals surface area (Å²) in [6, 6.07) is -0.612. The Hall–Kier alpha value is -1.10. The number of hydrogen-bond acceptors (Lipinski definition) is 7. The number of nitrogens with one attached hydrogen (secondary N) is 1. The van der Waals surface area contributed by atoms with Crippen molar-refractivity contribution < 1.29 is 38.7 Å². The zero-order valence-electron chi connectivity index (χ0n) is 29.0. The molecule has 1 amide bonds. The van der Waals surface area contributed by atoms with Crippen LogP contribution in [0.4, 0.5) is 4.39 Å². The molecule has 2 saturated heterocycles. The summed E-state index contributed by atoms with van der Waals surface area (Å²) in [6.45, 7) is 5.48. The first-order valence-electron chi connectivity index (χ1n) is 18.9. The van der Waals surface area contributed by atoms with E-state index >= 15 is 0 Å². The lowest BCUT2D eigenvalue weighted by molar-refractivity contribution is -0.351. The first-order valence-corrected chi connectivity index (χ1v) is 18.9. The van der Waals surface area contributed by atoms with Crippen molar-refractivity contribution in [3.63, 3.8) is 0 Å². The van der Waals surface area contributed by atoms with Crippen LogP contribution in [0.15, 0.2) is 12.4 Å². The van der Waals surface area contributed by atoms with Crippen molar-refractivity contribution in [2.24, 2.45) is 0 Å². The van der Waals surface area contributed by atoms with E-state index in [1.54, 1.807) is 0 Å². The van der Waals surface area contributed by atoms with Gasteiger partial charge in [-0.15, -0.1) is 0 Å². The number of carbonyl (C=O) groups excluding carboxylic acids is 1. The summed E-state index contributed by atoms with van der Waals surface area (Å²) in [5.41, 5.74) is 0. The Morgan fingerprint density at radius 2 is 1.22 bits per heavy atom. The van der Waals surface area contributed by atoms with Crippen LogP contribution in [0.2, 0.25) is 0 Å². The van der Waals surface area contributed by atoms with Gasteiger partial charge in [0.2, 0.25) is 5.91 Å². The molecule has 2 fully saturated rings. The largest absolute Gasteiger partial charge is 0.391 e. The highest BCUT2D eigenvalue weighted by Gasteiger charge is 2.51. The first-order chi connectivity index (χ1) is 22.3. The molecule has 0 bridgehead atoms. The molecule has 270 valence electrons. The Labute approximate surface area is 279 Å². The van der Waals surface area contributed by atoms with E-state index in [1.807, 2.05) is 6.92 Å². The van der Waals surface area contributed by atoms with Crippen LogP contribution in [0, 0.1) is 0 Å². The van der Waals surface area contributed by atoms with Crippen LogP contribution in [-0.2, 0) is 19.0 Å². The van der Waals surface area contributed by atoms with Gasteiger partial charge in [0, 0.05) is 6.42 Å². The highest BCUT2D eigenvalue weighted by Crippen LogP contribution is 2.30. The van der Waals surface area contributed by atoms with Gasteiger partial charge in [-0.05, 0) is 25.7 Å². The van der Waals surface area contributed by atoms with Gasteiger partial charge in [0.15, 0.2) is 6.29 Å². The number of unbranched alkanes of at least 4 members (excludes halogenated alkanes) is 20. The summed E-state index contributed by atoms with van der Waals surface area (Å²) in [7, 11) is 0. The fourth-order valence-corrected chi connectivity index (χ4v) is 6.44. The van der Waals surface area contributed by atoms with E-state index in [1.165, 1.54) is 103 Å². The molecule has 9 heteroatoms. The zero-order chi connectivity index (χ0) is 33.4. The zero-order valence-corrected chi connectivity index (χ0v) is 29.0. The smallest absolute Gasteiger partial charge is 0.220 e. The van der Waals surface area contributed by atoms with Gasteiger partial charge < -0.3 is 34.8 Å². The molecule has 2 aliphatic heterocycles. The van der Waals surface area contributed by atoms with Gasteiger partial charge in [-0.3, -0.25) is 4.79 Å². The lowest BCUT2D eigenvalue weighted by atomic mass is 9.95. The second kappa shape index (κ2) is 25.9. The molecule has 0 spiro atoms. The number of amides is 1. The number of ether oxygens (including phenoxy) is 3. The molecule has 46 heavy (non-hydrogen) atoms. The number of halogens is 1. The normalized spacial score (nSPS) is 23.8. The van der Waals surface area contributed by atoms with Gasteiger partial charge in [0.1, 0.15) is 24.4 Å². The summed E-state index contributed by atoms with van der Waals surface area (Å²) in [5.74, 6) is -0.286. The van der Waals surface area contributed by atoms with Gasteiger partial charge in [-0.25, -0.2) is 4.39 Å². The number of aliphatic hydroxyl groups is 3. The minimum absolute atomic E-state index is 0.0162. The van der Waals surface area contributed by atoms with Crippen molar-refractivity contribution in [3.05, 3.63) is 12.4 Å². The number of carbonyl (C=O) groups is 1. The van der Waals surface area contributed by atoms with Gasteiger partial charge in [-0.1, -0.05) is 135 Å². The van der Waals surface area contributed by atoms with Crippen LogP contribution >= 0.6 is 0 Å². The summed E-state index contributed by atoms with van der Waals surface area (Å²) >= 11 is 0. The molecule has 2 rings (SSSR count). The summed E-state index contributed by atoms with van der Waals surface area (Å²) in [6.07, 6.45) is 22.7. The van der Waals surface area contributed by atoms with Crippen LogP contribution in [-0.4, -0.2) is 77.3 Å². The lowest BCUT2D eigenvalue weighted by Gasteiger charge is -2.48. The van der Waals surface area contributed by atoms with E-state index in [0.29, 0.717) is 25.9 Å². The number of rotatable bonds is 30. The molecular weight excluding hydrogens is 589 g/mol. The third-order valence-corrected chi connectivity index (χ3v) is 9.61. The van der Waals surface area contributed by atoms with Crippen LogP contribution < -0.4 is 5.32 Å². The Kier molecular flexibility index (Phi) is 23.1. The number of hydrogen-bond donors (Lipinski definition) is 4. The maximum atomic E-state index is 12.6. The maximum absolute atomic E-state index is 12.6. The van der Waals surface area contributed by atoms with Crippen LogP contribution in [0.25, 0.3) is 0 Å². The van der Waals surface area contributed by atoms with Crippen molar-refractivity contribution in [3.8, 4) is 0 Å². The second-order valence-electron chi connectivity index (χ2n) is 13.7. The van der Waals surface area contributed by atoms with Crippen molar-refractivity contribution in [1.29, 1.82) is 0 Å². The lowest BCUT2D eigenvalue weighted by Crippen LogP contribution is -2.66. The van der Waals surface area contributed by atoms with E-state index in [9.17, 15) is 24.5 Å². The fourth-order valence-electron chi connectivity index (χ4n) is 6.44. The van der Waals surface area contributed by atoms with Gasteiger partial charge >= 0.3 is 0 Å². The summed E-state index contributed by atoms with van der Waals surface area (Å²) in [4.78, 5) is 12.5. The molecule has 6 unspecified atom stereocenters. The van der Waals surface area contributed by atoms with Gasteiger partial charge in [-0.2, -0.15) is 0 Å². The molecule has 8 nitrogen and oxygen atoms in total. The van der Waals surface area contributed by atoms with Crippen LogP contribution in [0.1, 0.15) is 161 Å². The standard InChI is InChI=1S/C37H68FNO7/c1-3-31(40)30(27-45-37-35(43)34(42)36-32(46-37)28-44-36)39-33(41)26-24-22-20-18-16-14-12-10-8-6-4-5-7-9-11-13-15-17-19-21-23-25-29(2)38/h30-32,34-37,40,42-43H,2-28H2,1H3,(H,39,41)/t30-,31?,32?,34?,35?,36?,37?/m0/s1. The van der Waals surface area contributed by atoms with Crippen LogP contribution in [0.5, 0.6) is 0 Å². The fraction of sp³-hybridized carbons (Fsp3) is 0.919. The summed E-state index contributed by atoms with van der Waals surface area (Å²) in [5, 5.41) is 33.7. The SMILES string of the molecule is C=C(F)CCCCCCCCCCCCCCCCCCCCCCCC(=O)N[C@@H](COC1OC2COC2C(O)C1O)C(O)CC. The molecule has 2 aliphatic rings. The monoisotopic (exact) mass is 657 g/mol. The van der Waals surface area contributed by atoms with E-state index in [-0.39, 0.29) is 24.4 Å². The molecule has 0 aromatic heterocycles. The predicted molar refractivity (Wildman–Crippen MR) is 181 cm³/mol. The first kappa shape index (κ1) is 41.1. The van der Waals surface area contributed by atoms with Crippen molar-refractivity contribution in [2.45, 2.75) is 204 Å². The van der Waals surface area contributed by atoms with Crippen molar-refractivity contribution >= 4 is 5.91 Å². The average molecular weight is 658 g/mol. The third-order valence-electron chi connectivity index (χ3n) is 9.61. The molecule has 0 aromatic carbocycles. The molecular formula is C37H68FNO7. The third kappa shape index (κ3) is 17.9. The Bertz CT molecular complexity index is 787. The Morgan fingerprint density at radius 1 is 0.783 bits per heavy atom. The molecule has 0 aliphatic carbocycles. The predicted octanol–water partition coefficient (Wildman–Crippen LogP) is 7.56. The van der Waals surface area contributed by atoms with Crippen LogP contribution in [0.3, 0.4) is 0 Å². The molecule has 2 heterocycles. The minimum atomic E-state index is -1.25. The summed E-state index contributed by atoms with van der Waals surface area (Å²) < 4.78 is 29.1. The highest BCUT2D eigenvalue weighted by atomic mass is 19.1. The van der Waals surface area contributed by atoms with Gasteiger partial charge in [0.05, 0.1) is 31.2 Å². The molecule has 0 radical (unpaired) electrons. The van der Waals surface area contributed by atoms with Crippen molar-refractivity contribution in [2.75, 3.05) is 13.2 Å². The minimum Gasteiger partial charge on any atom is -0.391 e. The topological polar surface area (TPSA) is 117 Å². The number of fused-ring (bicyclic) bond motifs is 1. The van der Waals surface area contributed by atoms with Gasteiger partial charge in [0.25, 0.3) is 0 Å². The second-order valence-corrected chi connectivity index (χ2v) is 13.7. The molecule has 7 atom stereocenters. The molecule has 0 aromatic rings. The highest BCUT2D eigenvalue weighted by molar-refractivity contribution is 5.76. The average Bonchev–Trinajstić information content (AvgIpc) is 3.02. The van der Waals surface area contributed by atoms with Crippen molar-refractivity contribution in [1.82, 2.24) is 5.32 Å².